The van der Waals surface area contributed by atoms with Crippen LogP contribution >= 0.6 is 0 Å². The number of hydrogen-bond donors (Lipinski definition) is 1. The predicted octanol–water partition coefficient (Wildman–Crippen LogP) is 1.82. The molecule has 5 nitrogen and oxygen atoms in total. The summed E-state index contributed by atoms with van der Waals surface area (Å²) in [6.45, 7) is 1.35. The van der Waals surface area contributed by atoms with E-state index in [0.29, 0.717) is 12.4 Å². The summed E-state index contributed by atoms with van der Waals surface area (Å²) in [5.41, 5.74) is 1.73. The van der Waals surface area contributed by atoms with E-state index in [1.807, 2.05) is 53.1 Å². The van der Waals surface area contributed by atoms with Crippen LogP contribution < -0.4 is 5.32 Å². The Morgan fingerprint density at radius 3 is 2.65 bits per heavy atom. The van der Waals surface area contributed by atoms with Crippen LogP contribution in [0.2, 0.25) is 0 Å². The van der Waals surface area contributed by atoms with Crippen molar-refractivity contribution in [3.63, 3.8) is 0 Å². The molecule has 23 heavy (non-hydrogen) atoms. The molecule has 1 aromatic carbocycles. The van der Waals surface area contributed by atoms with Crippen LogP contribution in [0.1, 0.15) is 5.82 Å². The van der Waals surface area contributed by atoms with Gasteiger partial charge in [0, 0.05) is 26.1 Å². The van der Waals surface area contributed by atoms with E-state index in [0.717, 1.165) is 17.6 Å². The molecule has 1 aromatic heterocycles. The van der Waals surface area contributed by atoms with Gasteiger partial charge in [-0.1, -0.05) is 12.1 Å². The zero-order chi connectivity index (χ0) is 17.0. The zero-order valence-corrected chi connectivity index (χ0v) is 13.0. The topological polar surface area (TPSA) is 50.2 Å². The molecule has 0 saturated carbocycles. The summed E-state index contributed by atoms with van der Waals surface area (Å²) >= 11 is 0. The molecule has 1 heterocycles. The minimum absolute atomic E-state index is 0.108. The normalized spacial score (nSPS) is 12.1. The lowest BCUT2D eigenvalue weighted by Crippen LogP contribution is -2.38. The average Bonchev–Trinajstić information content (AvgIpc) is 2.81. The number of nitrogens with zero attached hydrogens (tertiary/aromatic N) is 3. The second kappa shape index (κ2) is 6.99. The number of alkyl halides is 3. The molecular formula is C15H19F3N4O. The minimum atomic E-state index is -4.86. The number of imidazole rings is 1. The fraction of sp³-hybridized carbons (Fsp3) is 0.467. The lowest BCUT2D eigenvalue weighted by Gasteiger charge is -2.14. The Kier molecular flexibility index (Phi) is 5.25. The Balaban J connectivity index is 2.12. The van der Waals surface area contributed by atoms with Crippen LogP contribution in [0.3, 0.4) is 0 Å². The summed E-state index contributed by atoms with van der Waals surface area (Å²) in [5, 5.41) is 1.88. The van der Waals surface area contributed by atoms with Gasteiger partial charge < -0.3 is 14.8 Å². The Bertz CT molecular complexity index is 679. The van der Waals surface area contributed by atoms with Crippen molar-refractivity contribution in [1.82, 2.24) is 19.8 Å². The Morgan fingerprint density at radius 1 is 1.30 bits per heavy atom. The zero-order valence-electron chi connectivity index (χ0n) is 13.0. The maximum absolute atomic E-state index is 12.2. The van der Waals surface area contributed by atoms with Crippen LogP contribution in [-0.2, 0) is 17.8 Å². The number of amides is 1. The molecule has 0 radical (unpaired) electrons. The number of likely N-dealkylation sites (N-methyl/N-ethyl adjacent to an activating group) is 1. The van der Waals surface area contributed by atoms with E-state index in [9.17, 15) is 18.0 Å². The maximum atomic E-state index is 12.2. The number of benzene rings is 1. The third-order valence-corrected chi connectivity index (χ3v) is 3.40. The van der Waals surface area contributed by atoms with E-state index in [-0.39, 0.29) is 13.0 Å². The number of fused-ring (bicyclic) bond motifs is 1. The monoisotopic (exact) mass is 328 g/mol. The molecule has 8 heteroatoms. The fourth-order valence-electron chi connectivity index (χ4n) is 2.25. The number of aromatic nitrogens is 2. The van der Waals surface area contributed by atoms with Gasteiger partial charge in [0.2, 0.25) is 0 Å². The molecule has 0 aliphatic heterocycles. The molecule has 0 atom stereocenters. The van der Waals surface area contributed by atoms with Crippen molar-refractivity contribution < 1.29 is 18.0 Å². The van der Waals surface area contributed by atoms with Gasteiger partial charge in [-0.3, -0.25) is 4.79 Å². The minimum Gasteiger partial charge on any atom is -0.348 e. The van der Waals surface area contributed by atoms with Gasteiger partial charge >= 0.3 is 12.1 Å². The van der Waals surface area contributed by atoms with Crippen molar-refractivity contribution in [3.8, 4) is 0 Å². The van der Waals surface area contributed by atoms with E-state index in [4.69, 9.17) is 0 Å². The smallest absolute Gasteiger partial charge is 0.348 e. The van der Waals surface area contributed by atoms with Gasteiger partial charge in [-0.15, -0.1) is 0 Å². The summed E-state index contributed by atoms with van der Waals surface area (Å²) in [6.07, 6.45) is -4.62. The number of carbonyl (C=O) groups excluding carboxylic acids is 1. The predicted molar refractivity (Wildman–Crippen MR) is 81.1 cm³/mol. The van der Waals surface area contributed by atoms with Crippen molar-refractivity contribution >= 4 is 16.9 Å². The van der Waals surface area contributed by atoms with Crippen molar-refractivity contribution in [1.29, 1.82) is 0 Å². The first-order valence-electron chi connectivity index (χ1n) is 7.23. The molecular weight excluding hydrogens is 309 g/mol. The van der Waals surface area contributed by atoms with Gasteiger partial charge in [0.1, 0.15) is 5.82 Å². The molecule has 0 fully saturated rings. The summed E-state index contributed by atoms with van der Waals surface area (Å²) in [5.74, 6) is -1.26. The maximum Gasteiger partial charge on any atom is 0.471 e. The molecule has 1 amide bonds. The third kappa shape index (κ3) is 4.44. The van der Waals surface area contributed by atoms with E-state index < -0.39 is 12.1 Å². The van der Waals surface area contributed by atoms with Gasteiger partial charge in [-0.25, -0.2) is 4.98 Å². The molecule has 0 aliphatic carbocycles. The second-order valence-corrected chi connectivity index (χ2v) is 5.48. The molecule has 0 spiro atoms. The molecule has 2 rings (SSSR count). The number of para-hydroxylation sites is 2. The first-order valence-corrected chi connectivity index (χ1v) is 7.23. The summed E-state index contributed by atoms with van der Waals surface area (Å²) in [7, 11) is 3.89. The molecule has 0 unspecified atom stereocenters. The lowest BCUT2D eigenvalue weighted by atomic mass is 10.3. The second-order valence-electron chi connectivity index (χ2n) is 5.48. The Hall–Kier alpha value is -2.09. The quantitative estimate of drug-likeness (QED) is 0.880. The van der Waals surface area contributed by atoms with Crippen LogP contribution in [-0.4, -0.2) is 53.7 Å². The standard InChI is InChI=1S/C15H19F3N4O/c1-21(2)9-10-22-12-6-4-3-5-11(12)20-13(22)7-8-19-14(23)15(16,17)18/h3-6H,7-10H2,1-2H3,(H,19,23). The first kappa shape index (κ1) is 17.3. The molecule has 0 bridgehead atoms. The SMILES string of the molecule is CN(C)CCn1c(CCNC(=O)C(F)(F)F)nc2ccccc21. The highest BCUT2D eigenvalue weighted by atomic mass is 19.4. The van der Waals surface area contributed by atoms with Crippen molar-refractivity contribution in [3.05, 3.63) is 30.1 Å². The number of rotatable bonds is 6. The highest BCUT2D eigenvalue weighted by molar-refractivity contribution is 5.81. The Morgan fingerprint density at radius 2 is 2.00 bits per heavy atom. The molecule has 1 N–H and O–H groups in total. The Labute approximate surface area is 132 Å². The van der Waals surface area contributed by atoms with E-state index in [1.165, 1.54) is 0 Å². The lowest BCUT2D eigenvalue weighted by molar-refractivity contribution is -0.173. The van der Waals surface area contributed by atoms with Crippen LogP contribution in [0.25, 0.3) is 11.0 Å². The van der Waals surface area contributed by atoms with Crippen molar-refractivity contribution in [2.24, 2.45) is 0 Å². The van der Waals surface area contributed by atoms with Crippen molar-refractivity contribution in [2.45, 2.75) is 19.1 Å². The molecule has 126 valence electrons. The fourth-order valence-corrected chi connectivity index (χ4v) is 2.25. The van der Waals surface area contributed by atoms with E-state index in [1.54, 1.807) is 0 Å². The van der Waals surface area contributed by atoms with Gasteiger partial charge in [0.05, 0.1) is 11.0 Å². The largest absolute Gasteiger partial charge is 0.471 e. The highest BCUT2D eigenvalue weighted by Crippen LogP contribution is 2.17. The number of nitrogens with one attached hydrogen (secondary N) is 1. The van der Waals surface area contributed by atoms with Gasteiger partial charge in [0.15, 0.2) is 0 Å². The summed E-state index contributed by atoms with van der Waals surface area (Å²) in [4.78, 5) is 17.3. The number of halogens is 3. The molecule has 0 saturated heterocycles. The first-order chi connectivity index (χ1) is 10.8. The van der Waals surface area contributed by atoms with Crippen LogP contribution in [0, 0.1) is 0 Å². The third-order valence-electron chi connectivity index (χ3n) is 3.40. The van der Waals surface area contributed by atoms with Crippen molar-refractivity contribution in [2.75, 3.05) is 27.2 Å². The van der Waals surface area contributed by atoms with Gasteiger partial charge in [-0.05, 0) is 26.2 Å². The number of carbonyl (C=O) groups is 1. The van der Waals surface area contributed by atoms with E-state index in [2.05, 4.69) is 4.98 Å². The van der Waals surface area contributed by atoms with Gasteiger partial charge in [0.25, 0.3) is 0 Å². The van der Waals surface area contributed by atoms with E-state index >= 15 is 0 Å². The highest BCUT2D eigenvalue weighted by Gasteiger charge is 2.38. The average molecular weight is 328 g/mol. The summed E-state index contributed by atoms with van der Waals surface area (Å²) < 4.78 is 38.6. The molecule has 2 aromatic rings. The summed E-state index contributed by atoms with van der Waals surface area (Å²) in [6, 6.07) is 7.54. The number of hydrogen-bond acceptors (Lipinski definition) is 3. The van der Waals surface area contributed by atoms with Crippen LogP contribution in [0.4, 0.5) is 13.2 Å². The van der Waals surface area contributed by atoms with Crippen LogP contribution in [0.15, 0.2) is 24.3 Å². The van der Waals surface area contributed by atoms with Crippen LogP contribution in [0.5, 0.6) is 0 Å². The van der Waals surface area contributed by atoms with Gasteiger partial charge in [-0.2, -0.15) is 13.2 Å². The molecule has 0 aliphatic rings.